The van der Waals surface area contributed by atoms with Gasteiger partial charge in [-0.05, 0) is 54.1 Å². The first-order valence-electron chi connectivity index (χ1n) is 7.19. The summed E-state index contributed by atoms with van der Waals surface area (Å²) in [6.45, 7) is 1.59. The molecule has 3 nitrogen and oxygen atoms in total. The second kappa shape index (κ2) is 6.41. The van der Waals surface area contributed by atoms with Crippen LogP contribution in [0.5, 0.6) is 11.5 Å². The van der Waals surface area contributed by atoms with Crippen molar-refractivity contribution in [2.45, 2.75) is 17.2 Å². The first kappa shape index (κ1) is 15.5. The van der Waals surface area contributed by atoms with Gasteiger partial charge < -0.3 is 15.5 Å². The Bertz CT molecular complexity index is 688. The third kappa shape index (κ3) is 2.78. The van der Waals surface area contributed by atoms with Gasteiger partial charge in [0.2, 0.25) is 0 Å². The first-order chi connectivity index (χ1) is 10.6. The van der Waals surface area contributed by atoms with Gasteiger partial charge in [0.05, 0.1) is 5.02 Å². The van der Waals surface area contributed by atoms with Crippen molar-refractivity contribution in [2.75, 3.05) is 19.3 Å². The fourth-order valence-corrected chi connectivity index (χ4v) is 3.66. The zero-order valence-electron chi connectivity index (χ0n) is 12.3. The van der Waals surface area contributed by atoms with Crippen LogP contribution in [-0.4, -0.2) is 29.6 Å². The quantitative estimate of drug-likeness (QED) is 0.578. The fraction of sp³-hybridized carbons (Fsp3) is 0.294. The van der Waals surface area contributed by atoms with Gasteiger partial charge in [0, 0.05) is 17.4 Å². The van der Waals surface area contributed by atoms with Crippen molar-refractivity contribution in [1.82, 2.24) is 5.32 Å². The van der Waals surface area contributed by atoms with Crippen LogP contribution in [0, 0.1) is 0 Å². The van der Waals surface area contributed by atoms with E-state index in [0.717, 1.165) is 30.6 Å². The van der Waals surface area contributed by atoms with Crippen molar-refractivity contribution in [2.24, 2.45) is 0 Å². The molecule has 0 fully saturated rings. The number of thioether (sulfide) groups is 1. The number of aromatic hydroxyl groups is 2. The van der Waals surface area contributed by atoms with Gasteiger partial charge in [0.15, 0.2) is 11.5 Å². The lowest BCUT2D eigenvalue weighted by molar-refractivity contribution is 0.402. The highest BCUT2D eigenvalue weighted by Crippen LogP contribution is 2.42. The normalized spacial score (nSPS) is 17.8. The minimum absolute atomic E-state index is 0.109. The smallest absolute Gasteiger partial charge is 0.176 e. The maximum absolute atomic E-state index is 9.94. The lowest BCUT2D eigenvalue weighted by Crippen LogP contribution is -2.20. The Kier molecular flexibility index (Phi) is 4.52. The summed E-state index contributed by atoms with van der Waals surface area (Å²) in [6, 6.07) is 10.1. The molecule has 116 valence electrons. The molecular weight excluding hydrogens is 318 g/mol. The summed E-state index contributed by atoms with van der Waals surface area (Å²) < 4.78 is 0. The van der Waals surface area contributed by atoms with Crippen molar-refractivity contribution in [1.29, 1.82) is 0 Å². The molecule has 0 saturated carbocycles. The van der Waals surface area contributed by atoms with Gasteiger partial charge in [-0.1, -0.05) is 23.7 Å². The van der Waals surface area contributed by atoms with Crippen molar-refractivity contribution in [3.63, 3.8) is 0 Å². The lowest BCUT2D eigenvalue weighted by atomic mass is 9.87. The van der Waals surface area contributed by atoms with Gasteiger partial charge in [0.1, 0.15) is 0 Å². The number of rotatable bonds is 2. The van der Waals surface area contributed by atoms with Crippen LogP contribution >= 0.6 is 23.4 Å². The number of phenols is 2. The third-order valence-corrected chi connectivity index (χ3v) is 5.30. The number of hydrogen-bond donors (Lipinski definition) is 3. The Morgan fingerprint density at radius 2 is 1.95 bits per heavy atom. The standard InChI is InChI=1S/C17H18ClNO2S/c1-22-11-4-2-10(3-5-11)14-9-19-7-6-12-13(14)8-15(20)17(21)16(12)18/h2-5,8,14,19-21H,6-7,9H2,1H3. The van der Waals surface area contributed by atoms with E-state index >= 15 is 0 Å². The van der Waals surface area contributed by atoms with E-state index in [1.54, 1.807) is 17.8 Å². The van der Waals surface area contributed by atoms with Crippen molar-refractivity contribution >= 4 is 23.4 Å². The summed E-state index contributed by atoms with van der Waals surface area (Å²) in [5.41, 5.74) is 3.08. The number of hydrogen-bond acceptors (Lipinski definition) is 4. The molecule has 0 spiro atoms. The van der Waals surface area contributed by atoms with Gasteiger partial charge in [0.25, 0.3) is 0 Å². The van der Waals surface area contributed by atoms with E-state index in [4.69, 9.17) is 11.6 Å². The predicted molar refractivity (Wildman–Crippen MR) is 91.4 cm³/mol. The number of halogens is 1. The van der Waals surface area contributed by atoms with Crippen LogP contribution in [0.25, 0.3) is 0 Å². The topological polar surface area (TPSA) is 52.5 Å². The molecule has 0 radical (unpaired) electrons. The molecule has 0 aliphatic carbocycles. The minimum Gasteiger partial charge on any atom is -0.504 e. The van der Waals surface area contributed by atoms with Gasteiger partial charge in [-0.15, -0.1) is 11.8 Å². The molecule has 1 aliphatic rings. The third-order valence-electron chi connectivity index (χ3n) is 4.15. The number of benzene rings is 2. The van der Waals surface area contributed by atoms with Crippen LogP contribution in [-0.2, 0) is 6.42 Å². The maximum Gasteiger partial charge on any atom is 0.176 e. The van der Waals surface area contributed by atoms with Crippen molar-refractivity contribution in [3.05, 3.63) is 52.0 Å². The second-order valence-corrected chi connectivity index (χ2v) is 6.66. The zero-order chi connectivity index (χ0) is 15.7. The molecule has 2 aromatic carbocycles. The molecular formula is C17H18ClNO2S. The van der Waals surface area contributed by atoms with E-state index in [0.29, 0.717) is 0 Å². The van der Waals surface area contributed by atoms with Crippen LogP contribution in [0.15, 0.2) is 35.2 Å². The summed E-state index contributed by atoms with van der Waals surface area (Å²) in [5, 5.41) is 23.5. The molecule has 3 N–H and O–H groups in total. The van der Waals surface area contributed by atoms with Crippen molar-refractivity contribution < 1.29 is 10.2 Å². The van der Waals surface area contributed by atoms with Crippen molar-refractivity contribution in [3.8, 4) is 11.5 Å². The molecule has 0 aromatic heterocycles. The highest BCUT2D eigenvalue weighted by Gasteiger charge is 2.25. The average molecular weight is 336 g/mol. The molecule has 2 aromatic rings. The number of phenolic OH excluding ortho intramolecular Hbond substituents is 2. The molecule has 0 amide bonds. The summed E-state index contributed by atoms with van der Waals surface area (Å²) in [5.74, 6) is -0.271. The van der Waals surface area contributed by atoms with Gasteiger partial charge in [-0.3, -0.25) is 0 Å². The summed E-state index contributed by atoms with van der Waals surface area (Å²) in [6.07, 6.45) is 2.79. The first-order valence-corrected chi connectivity index (χ1v) is 8.80. The van der Waals surface area contributed by atoms with Crippen LogP contribution in [0.1, 0.15) is 22.6 Å². The summed E-state index contributed by atoms with van der Waals surface area (Å²) >= 11 is 7.96. The average Bonchev–Trinajstić information content (AvgIpc) is 2.75. The molecule has 1 heterocycles. The second-order valence-electron chi connectivity index (χ2n) is 5.41. The van der Waals surface area contributed by atoms with Crippen LogP contribution in [0.4, 0.5) is 0 Å². The summed E-state index contributed by atoms with van der Waals surface area (Å²) in [7, 11) is 0. The molecule has 0 saturated heterocycles. The minimum atomic E-state index is -0.223. The summed E-state index contributed by atoms with van der Waals surface area (Å²) in [4.78, 5) is 1.22. The van der Waals surface area contributed by atoms with Gasteiger partial charge >= 0.3 is 0 Å². The van der Waals surface area contributed by atoms with Crippen LogP contribution < -0.4 is 5.32 Å². The van der Waals surface area contributed by atoms with Gasteiger partial charge in [-0.25, -0.2) is 0 Å². The molecule has 1 unspecified atom stereocenters. The van der Waals surface area contributed by atoms with Crippen LogP contribution in [0.3, 0.4) is 0 Å². The fourth-order valence-electron chi connectivity index (χ4n) is 2.95. The Hall–Kier alpha value is -1.36. The number of nitrogens with one attached hydrogen (secondary N) is 1. The molecule has 1 atom stereocenters. The van der Waals surface area contributed by atoms with E-state index in [-0.39, 0.29) is 22.4 Å². The van der Waals surface area contributed by atoms with E-state index in [1.165, 1.54) is 10.5 Å². The number of fused-ring (bicyclic) bond motifs is 1. The molecule has 0 bridgehead atoms. The van der Waals surface area contributed by atoms with E-state index < -0.39 is 0 Å². The molecule has 1 aliphatic heterocycles. The SMILES string of the molecule is CSc1ccc(C2CNCCc3c2cc(O)c(O)c3Cl)cc1. The monoisotopic (exact) mass is 335 g/mol. The molecule has 22 heavy (non-hydrogen) atoms. The van der Waals surface area contributed by atoms with E-state index in [1.807, 2.05) is 0 Å². The highest BCUT2D eigenvalue weighted by molar-refractivity contribution is 7.98. The Balaban J connectivity index is 2.10. The maximum atomic E-state index is 9.94. The zero-order valence-corrected chi connectivity index (χ0v) is 13.8. The predicted octanol–water partition coefficient (Wildman–Crippen LogP) is 3.75. The lowest BCUT2D eigenvalue weighted by Gasteiger charge is -2.20. The Morgan fingerprint density at radius 3 is 2.64 bits per heavy atom. The highest BCUT2D eigenvalue weighted by atomic mass is 35.5. The van der Waals surface area contributed by atoms with E-state index in [2.05, 4.69) is 35.8 Å². The van der Waals surface area contributed by atoms with Gasteiger partial charge in [-0.2, -0.15) is 0 Å². The molecule has 5 heteroatoms. The Labute approximate surface area is 139 Å². The largest absolute Gasteiger partial charge is 0.504 e. The molecule has 3 rings (SSSR count). The Morgan fingerprint density at radius 1 is 1.23 bits per heavy atom. The van der Waals surface area contributed by atoms with E-state index in [9.17, 15) is 10.2 Å². The van der Waals surface area contributed by atoms with Crippen LogP contribution in [0.2, 0.25) is 5.02 Å².